The minimum absolute atomic E-state index is 0.208. The monoisotopic (exact) mass is 358 g/mol. The molecule has 0 aromatic carbocycles. The molecule has 1 spiro atoms. The van der Waals surface area contributed by atoms with E-state index < -0.39 is 23.3 Å². The second-order valence-corrected chi connectivity index (χ2v) is 8.21. The minimum atomic E-state index is -4.62. The molecule has 3 rings (SSSR count). The first kappa shape index (κ1) is 18.2. The molecule has 140 valence electrons. The molecular formula is C17H25F3N4O. The smallest absolute Gasteiger partial charge is 0.338 e. The van der Waals surface area contributed by atoms with E-state index in [2.05, 4.69) is 10.4 Å². The van der Waals surface area contributed by atoms with Crippen LogP contribution in [-0.4, -0.2) is 46.8 Å². The van der Waals surface area contributed by atoms with E-state index >= 15 is 0 Å². The maximum absolute atomic E-state index is 13.6. The zero-order valence-corrected chi connectivity index (χ0v) is 14.9. The van der Waals surface area contributed by atoms with Crippen LogP contribution >= 0.6 is 0 Å². The molecule has 1 aromatic rings. The number of amides is 1. The highest BCUT2D eigenvalue weighted by Gasteiger charge is 2.44. The fourth-order valence-electron chi connectivity index (χ4n) is 3.86. The summed E-state index contributed by atoms with van der Waals surface area (Å²) in [6.45, 7) is 7.83. The van der Waals surface area contributed by atoms with Gasteiger partial charge in [-0.25, -0.2) is 0 Å². The molecule has 2 saturated heterocycles. The minimum Gasteiger partial charge on any atom is -0.338 e. The maximum Gasteiger partial charge on any atom is 0.433 e. The third kappa shape index (κ3) is 3.41. The van der Waals surface area contributed by atoms with Gasteiger partial charge in [-0.15, -0.1) is 0 Å². The van der Waals surface area contributed by atoms with Crippen LogP contribution in [0, 0.1) is 5.41 Å². The number of halogens is 3. The Morgan fingerprint density at radius 1 is 1.20 bits per heavy atom. The largest absolute Gasteiger partial charge is 0.433 e. The van der Waals surface area contributed by atoms with Gasteiger partial charge in [0.05, 0.1) is 17.3 Å². The summed E-state index contributed by atoms with van der Waals surface area (Å²) in [5, 5.41) is 7.22. The average molecular weight is 358 g/mol. The number of hydrogen-bond donors (Lipinski definition) is 1. The summed E-state index contributed by atoms with van der Waals surface area (Å²) in [6, 6.07) is 0. The summed E-state index contributed by atoms with van der Waals surface area (Å²) in [5.74, 6) is -0.566. The predicted molar refractivity (Wildman–Crippen MR) is 87.3 cm³/mol. The molecule has 1 amide bonds. The Morgan fingerprint density at radius 3 is 2.32 bits per heavy atom. The number of nitrogens with zero attached hydrogens (tertiary/aromatic N) is 3. The van der Waals surface area contributed by atoms with Gasteiger partial charge in [0.15, 0.2) is 5.69 Å². The SMILES string of the molecule is CC(C)(C)n1ncc(C(=O)N2CCC3(CCNC3)CC2)c1C(F)(F)F. The van der Waals surface area contributed by atoms with E-state index in [0.717, 1.165) is 43.2 Å². The van der Waals surface area contributed by atoms with Gasteiger partial charge in [0.1, 0.15) is 0 Å². The van der Waals surface area contributed by atoms with Gasteiger partial charge in [-0.2, -0.15) is 18.3 Å². The van der Waals surface area contributed by atoms with Gasteiger partial charge in [0.2, 0.25) is 0 Å². The third-order valence-corrected chi connectivity index (χ3v) is 5.35. The van der Waals surface area contributed by atoms with Crippen LogP contribution in [0.5, 0.6) is 0 Å². The van der Waals surface area contributed by atoms with Crippen LogP contribution in [0.2, 0.25) is 0 Å². The van der Waals surface area contributed by atoms with Crippen molar-refractivity contribution in [2.24, 2.45) is 5.41 Å². The molecule has 0 radical (unpaired) electrons. The Hall–Kier alpha value is -1.57. The highest BCUT2D eigenvalue weighted by molar-refractivity contribution is 5.95. The summed E-state index contributed by atoms with van der Waals surface area (Å²) in [7, 11) is 0. The molecule has 2 aliphatic heterocycles. The molecule has 1 aromatic heterocycles. The first-order valence-corrected chi connectivity index (χ1v) is 8.69. The Morgan fingerprint density at radius 2 is 1.84 bits per heavy atom. The molecule has 2 aliphatic rings. The van der Waals surface area contributed by atoms with Gasteiger partial charge < -0.3 is 10.2 Å². The van der Waals surface area contributed by atoms with Crippen molar-refractivity contribution in [3.05, 3.63) is 17.5 Å². The first-order valence-electron chi connectivity index (χ1n) is 8.69. The maximum atomic E-state index is 13.6. The van der Waals surface area contributed by atoms with E-state index in [4.69, 9.17) is 0 Å². The molecule has 0 aliphatic carbocycles. The van der Waals surface area contributed by atoms with Crippen LogP contribution in [0.3, 0.4) is 0 Å². The van der Waals surface area contributed by atoms with Crippen molar-refractivity contribution in [1.82, 2.24) is 20.0 Å². The normalized spacial score (nSPS) is 21.1. The Balaban J connectivity index is 1.84. The summed E-state index contributed by atoms with van der Waals surface area (Å²) in [6.07, 6.45) is -0.815. The van der Waals surface area contributed by atoms with Crippen molar-refractivity contribution in [2.75, 3.05) is 26.2 Å². The zero-order chi connectivity index (χ0) is 18.5. The van der Waals surface area contributed by atoms with Crippen LogP contribution in [0.15, 0.2) is 6.20 Å². The van der Waals surface area contributed by atoms with E-state index in [1.807, 2.05) is 0 Å². The van der Waals surface area contributed by atoms with Gasteiger partial charge in [0, 0.05) is 19.6 Å². The van der Waals surface area contributed by atoms with Gasteiger partial charge in [-0.05, 0) is 52.0 Å². The molecule has 25 heavy (non-hydrogen) atoms. The second kappa shape index (κ2) is 6.00. The molecule has 8 heteroatoms. The highest BCUT2D eigenvalue weighted by Crippen LogP contribution is 2.39. The third-order valence-electron chi connectivity index (χ3n) is 5.35. The Labute approximate surface area is 145 Å². The van der Waals surface area contributed by atoms with Crippen LogP contribution < -0.4 is 5.32 Å². The van der Waals surface area contributed by atoms with Gasteiger partial charge in [-0.1, -0.05) is 0 Å². The molecule has 2 fully saturated rings. The number of hydrogen-bond acceptors (Lipinski definition) is 3. The van der Waals surface area contributed by atoms with E-state index in [9.17, 15) is 18.0 Å². The zero-order valence-electron chi connectivity index (χ0n) is 14.9. The lowest BCUT2D eigenvalue weighted by Gasteiger charge is -2.39. The molecule has 0 atom stereocenters. The standard InChI is InChI=1S/C17H25F3N4O/c1-15(2,3)24-13(17(18,19)20)12(10-22-24)14(25)23-8-5-16(6-9-23)4-7-21-11-16/h10,21H,4-9,11H2,1-3H3. The van der Waals surface area contributed by atoms with E-state index in [0.29, 0.717) is 13.1 Å². The topological polar surface area (TPSA) is 50.2 Å². The lowest BCUT2D eigenvalue weighted by Crippen LogP contribution is -2.44. The second-order valence-electron chi connectivity index (χ2n) is 8.21. The van der Waals surface area contributed by atoms with Crippen molar-refractivity contribution in [3.63, 3.8) is 0 Å². The van der Waals surface area contributed by atoms with Gasteiger partial charge in [0.25, 0.3) is 5.91 Å². The van der Waals surface area contributed by atoms with Crippen molar-refractivity contribution in [3.8, 4) is 0 Å². The van der Waals surface area contributed by atoms with Crippen LogP contribution in [-0.2, 0) is 11.7 Å². The number of carbonyl (C=O) groups excluding carboxylic acids is 1. The number of alkyl halides is 3. The van der Waals surface area contributed by atoms with Crippen molar-refractivity contribution in [1.29, 1.82) is 0 Å². The number of nitrogens with one attached hydrogen (secondary N) is 1. The van der Waals surface area contributed by atoms with E-state index in [-0.39, 0.29) is 11.0 Å². The number of aromatic nitrogens is 2. The van der Waals surface area contributed by atoms with Crippen molar-refractivity contribution >= 4 is 5.91 Å². The van der Waals surface area contributed by atoms with Crippen LogP contribution in [0.1, 0.15) is 56.1 Å². The van der Waals surface area contributed by atoms with Crippen LogP contribution in [0.25, 0.3) is 0 Å². The Kier molecular flexibility index (Phi) is 4.38. The van der Waals surface area contributed by atoms with Gasteiger partial charge in [-0.3, -0.25) is 9.48 Å². The van der Waals surface area contributed by atoms with Gasteiger partial charge >= 0.3 is 6.18 Å². The first-order chi connectivity index (χ1) is 11.5. The summed E-state index contributed by atoms with van der Waals surface area (Å²) in [4.78, 5) is 14.3. The fraction of sp³-hybridized carbons (Fsp3) is 0.765. The molecular weight excluding hydrogens is 333 g/mol. The predicted octanol–water partition coefficient (Wildman–Crippen LogP) is 2.87. The van der Waals surface area contributed by atoms with Crippen LogP contribution in [0.4, 0.5) is 13.2 Å². The van der Waals surface area contributed by atoms with Crippen molar-refractivity contribution in [2.45, 2.75) is 51.7 Å². The number of carbonyl (C=O) groups is 1. The van der Waals surface area contributed by atoms with Crippen molar-refractivity contribution < 1.29 is 18.0 Å². The number of likely N-dealkylation sites (tertiary alicyclic amines) is 1. The van der Waals surface area contributed by atoms with E-state index in [1.165, 1.54) is 0 Å². The molecule has 3 heterocycles. The molecule has 0 bridgehead atoms. The Bertz CT molecular complexity index is 644. The number of rotatable bonds is 1. The quantitative estimate of drug-likeness (QED) is 0.840. The van der Waals surface area contributed by atoms with E-state index in [1.54, 1.807) is 25.7 Å². The average Bonchev–Trinajstić information content (AvgIpc) is 3.13. The summed E-state index contributed by atoms with van der Waals surface area (Å²) in [5.41, 5.74) is -1.94. The summed E-state index contributed by atoms with van der Waals surface area (Å²) >= 11 is 0. The molecule has 0 unspecified atom stereocenters. The fourth-order valence-corrected chi connectivity index (χ4v) is 3.86. The molecule has 5 nitrogen and oxygen atoms in total. The lowest BCUT2D eigenvalue weighted by molar-refractivity contribution is -0.146. The molecule has 1 N–H and O–H groups in total. The lowest BCUT2D eigenvalue weighted by atomic mass is 9.78. The molecule has 0 saturated carbocycles. The highest BCUT2D eigenvalue weighted by atomic mass is 19.4. The number of piperidine rings is 1. The summed E-state index contributed by atoms with van der Waals surface area (Å²) < 4.78 is 41.7.